The fourth-order valence-electron chi connectivity index (χ4n) is 3.06. The van der Waals surface area contributed by atoms with Crippen LogP contribution in [0.1, 0.15) is 31.1 Å². The molecule has 1 aliphatic heterocycles. The van der Waals surface area contributed by atoms with Gasteiger partial charge < -0.3 is 9.73 Å². The number of nitrogens with zero attached hydrogens (tertiary/aromatic N) is 1. The number of benzene rings is 1. The van der Waals surface area contributed by atoms with Crippen molar-refractivity contribution in [1.82, 2.24) is 10.2 Å². The molecule has 1 aliphatic rings. The van der Waals surface area contributed by atoms with Crippen molar-refractivity contribution in [2.24, 2.45) is 0 Å². The maximum atomic E-state index is 12.2. The standard InChI is InChI=1S/C19H23BrN2O2S/c20-15-6-8-16(9-7-15)25-14-19(23)21-13-17(18-5-4-12-24-18)22-10-2-1-3-11-22/h4-9,12,17H,1-3,10-11,13-14H2,(H,21,23)/t17-/m1/s1. The van der Waals surface area contributed by atoms with Gasteiger partial charge in [0.25, 0.3) is 0 Å². The average Bonchev–Trinajstić information content (AvgIpc) is 3.17. The maximum absolute atomic E-state index is 12.2. The maximum Gasteiger partial charge on any atom is 0.230 e. The lowest BCUT2D eigenvalue weighted by Crippen LogP contribution is -2.40. The second-order valence-electron chi connectivity index (χ2n) is 6.17. The van der Waals surface area contributed by atoms with E-state index >= 15 is 0 Å². The zero-order chi connectivity index (χ0) is 17.5. The Morgan fingerprint density at radius 1 is 1.20 bits per heavy atom. The van der Waals surface area contributed by atoms with Crippen molar-refractivity contribution in [2.45, 2.75) is 30.2 Å². The van der Waals surface area contributed by atoms with Crippen LogP contribution in [0.3, 0.4) is 0 Å². The van der Waals surface area contributed by atoms with E-state index in [2.05, 4.69) is 26.1 Å². The van der Waals surface area contributed by atoms with Crippen LogP contribution in [0.2, 0.25) is 0 Å². The second kappa shape index (κ2) is 9.46. The van der Waals surface area contributed by atoms with E-state index in [0.29, 0.717) is 12.3 Å². The predicted octanol–water partition coefficient (Wildman–Crippen LogP) is 4.48. The molecule has 1 saturated heterocycles. The molecule has 1 aromatic heterocycles. The van der Waals surface area contributed by atoms with Gasteiger partial charge in [-0.3, -0.25) is 9.69 Å². The number of furan rings is 1. The topological polar surface area (TPSA) is 45.5 Å². The molecule has 1 amide bonds. The first-order chi connectivity index (χ1) is 12.2. The summed E-state index contributed by atoms with van der Waals surface area (Å²) in [6.45, 7) is 2.72. The van der Waals surface area contributed by atoms with Crippen molar-refractivity contribution in [1.29, 1.82) is 0 Å². The molecule has 0 aliphatic carbocycles. The molecular weight excluding hydrogens is 400 g/mol. The van der Waals surface area contributed by atoms with Crippen LogP contribution in [0.5, 0.6) is 0 Å². The Balaban J connectivity index is 1.51. The zero-order valence-corrected chi connectivity index (χ0v) is 16.5. The van der Waals surface area contributed by atoms with Gasteiger partial charge in [-0.1, -0.05) is 22.4 Å². The average molecular weight is 423 g/mol. The Labute approximate surface area is 161 Å². The Bertz CT molecular complexity index is 655. The summed E-state index contributed by atoms with van der Waals surface area (Å²) >= 11 is 4.97. The highest BCUT2D eigenvalue weighted by molar-refractivity contribution is 9.10. The number of carbonyl (C=O) groups is 1. The van der Waals surface area contributed by atoms with Crippen molar-refractivity contribution < 1.29 is 9.21 Å². The molecule has 1 fully saturated rings. The van der Waals surface area contributed by atoms with Crippen molar-refractivity contribution in [2.75, 3.05) is 25.4 Å². The molecule has 0 unspecified atom stereocenters. The monoisotopic (exact) mass is 422 g/mol. The van der Waals surface area contributed by atoms with Gasteiger partial charge in [-0.15, -0.1) is 11.8 Å². The Morgan fingerprint density at radius 2 is 1.96 bits per heavy atom. The number of likely N-dealkylation sites (tertiary alicyclic amines) is 1. The SMILES string of the molecule is O=C(CSc1ccc(Br)cc1)NC[C@H](c1ccco1)N1CCCCC1. The zero-order valence-electron chi connectivity index (χ0n) is 14.1. The smallest absolute Gasteiger partial charge is 0.230 e. The quantitative estimate of drug-likeness (QED) is 0.668. The van der Waals surface area contributed by atoms with Gasteiger partial charge in [0.15, 0.2) is 0 Å². The minimum Gasteiger partial charge on any atom is -0.468 e. The number of hydrogen-bond acceptors (Lipinski definition) is 4. The first kappa shape index (κ1) is 18.5. The minimum absolute atomic E-state index is 0.0569. The van der Waals surface area contributed by atoms with Crippen LogP contribution in [-0.4, -0.2) is 36.2 Å². The number of rotatable bonds is 7. The van der Waals surface area contributed by atoms with E-state index in [-0.39, 0.29) is 11.9 Å². The van der Waals surface area contributed by atoms with E-state index in [9.17, 15) is 4.79 Å². The molecule has 0 saturated carbocycles. The largest absolute Gasteiger partial charge is 0.468 e. The molecular formula is C19H23BrN2O2S. The molecule has 1 N–H and O–H groups in total. The number of hydrogen-bond donors (Lipinski definition) is 1. The van der Waals surface area contributed by atoms with Crippen LogP contribution in [0.4, 0.5) is 0 Å². The van der Waals surface area contributed by atoms with E-state index in [0.717, 1.165) is 28.2 Å². The molecule has 4 nitrogen and oxygen atoms in total. The van der Waals surface area contributed by atoms with Gasteiger partial charge in [0.1, 0.15) is 5.76 Å². The lowest BCUT2D eigenvalue weighted by atomic mass is 10.1. The molecule has 6 heteroatoms. The molecule has 25 heavy (non-hydrogen) atoms. The minimum atomic E-state index is 0.0569. The summed E-state index contributed by atoms with van der Waals surface area (Å²) in [5.74, 6) is 1.41. The van der Waals surface area contributed by atoms with Crippen LogP contribution in [0.15, 0.2) is 56.4 Å². The molecule has 3 rings (SSSR count). The highest BCUT2D eigenvalue weighted by Crippen LogP contribution is 2.25. The first-order valence-corrected chi connectivity index (χ1v) is 10.4. The predicted molar refractivity (Wildman–Crippen MR) is 105 cm³/mol. The number of thioether (sulfide) groups is 1. The summed E-state index contributed by atoms with van der Waals surface area (Å²) in [5, 5.41) is 3.08. The Kier molecular flexibility index (Phi) is 7.02. The van der Waals surface area contributed by atoms with E-state index in [1.807, 2.05) is 36.4 Å². The van der Waals surface area contributed by atoms with Gasteiger partial charge in [-0.2, -0.15) is 0 Å². The van der Waals surface area contributed by atoms with Gasteiger partial charge in [0.05, 0.1) is 18.1 Å². The fraction of sp³-hybridized carbons (Fsp3) is 0.421. The van der Waals surface area contributed by atoms with Gasteiger partial charge in [-0.05, 0) is 62.3 Å². The lowest BCUT2D eigenvalue weighted by molar-refractivity contribution is -0.118. The third-order valence-corrected chi connectivity index (χ3v) is 5.92. The van der Waals surface area contributed by atoms with Crippen LogP contribution in [0.25, 0.3) is 0 Å². The van der Waals surface area contributed by atoms with Crippen LogP contribution in [0, 0.1) is 0 Å². The van der Waals surface area contributed by atoms with Gasteiger partial charge in [-0.25, -0.2) is 0 Å². The van der Waals surface area contributed by atoms with Crippen LogP contribution in [-0.2, 0) is 4.79 Å². The van der Waals surface area contributed by atoms with Gasteiger partial charge in [0, 0.05) is 15.9 Å². The molecule has 2 aromatic rings. The molecule has 2 heterocycles. The molecule has 0 bridgehead atoms. The fourth-order valence-corrected chi connectivity index (χ4v) is 4.05. The van der Waals surface area contributed by atoms with E-state index < -0.39 is 0 Å². The van der Waals surface area contributed by atoms with E-state index in [1.165, 1.54) is 19.3 Å². The van der Waals surface area contributed by atoms with E-state index in [1.54, 1.807) is 18.0 Å². The summed E-state index contributed by atoms with van der Waals surface area (Å²) < 4.78 is 6.66. The first-order valence-electron chi connectivity index (χ1n) is 8.65. The van der Waals surface area contributed by atoms with E-state index in [4.69, 9.17) is 4.42 Å². The lowest BCUT2D eigenvalue weighted by Gasteiger charge is -2.33. The molecule has 0 spiro atoms. The molecule has 134 valence electrons. The normalized spacial score (nSPS) is 16.5. The van der Waals surface area contributed by atoms with Crippen molar-refractivity contribution in [3.05, 3.63) is 52.9 Å². The number of halogens is 1. The van der Waals surface area contributed by atoms with Crippen molar-refractivity contribution in [3.8, 4) is 0 Å². The summed E-state index contributed by atoms with van der Waals surface area (Å²) in [5.41, 5.74) is 0. The Hall–Kier alpha value is -1.24. The second-order valence-corrected chi connectivity index (χ2v) is 8.14. The van der Waals surface area contributed by atoms with Gasteiger partial charge >= 0.3 is 0 Å². The number of nitrogens with one attached hydrogen (secondary N) is 1. The highest BCUT2D eigenvalue weighted by Gasteiger charge is 2.24. The number of carbonyl (C=O) groups excluding carboxylic acids is 1. The third-order valence-electron chi connectivity index (χ3n) is 4.38. The summed E-state index contributed by atoms with van der Waals surface area (Å²) in [4.78, 5) is 15.8. The summed E-state index contributed by atoms with van der Waals surface area (Å²) in [6.07, 6.45) is 5.42. The van der Waals surface area contributed by atoms with Crippen molar-refractivity contribution in [3.63, 3.8) is 0 Å². The molecule has 0 radical (unpaired) electrons. The van der Waals surface area contributed by atoms with Crippen LogP contribution < -0.4 is 5.32 Å². The highest BCUT2D eigenvalue weighted by atomic mass is 79.9. The number of piperidine rings is 1. The summed E-state index contributed by atoms with van der Waals surface area (Å²) in [7, 11) is 0. The summed E-state index contributed by atoms with van der Waals surface area (Å²) in [6, 6.07) is 12.0. The van der Waals surface area contributed by atoms with Gasteiger partial charge in [0.2, 0.25) is 5.91 Å². The van der Waals surface area contributed by atoms with Crippen molar-refractivity contribution >= 4 is 33.6 Å². The molecule has 1 aromatic carbocycles. The molecule has 1 atom stereocenters. The van der Waals surface area contributed by atoms with Crippen LogP contribution >= 0.6 is 27.7 Å². The Morgan fingerprint density at radius 3 is 2.64 bits per heavy atom. The third kappa shape index (κ3) is 5.62. The number of amides is 1.